The summed E-state index contributed by atoms with van der Waals surface area (Å²) in [6.45, 7) is 6.87. The number of amides is 1. The summed E-state index contributed by atoms with van der Waals surface area (Å²) in [5, 5.41) is 0. The van der Waals surface area contributed by atoms with Crippen LogP contribution in [0.2, 0.25) is 0 Å². The van der Waals surface area contributed by atoms with Gasteiger partial charge in [0.25, 0.3) is 5.91 Å². The minimum atomic E-state index is 0. The van der Waals surface area contributed by atoms with Crippen molar-refractivity contribution in [2.45, 2.75) is 39.7 Å². The summed E-state index contributed by atoms with van der Waals surface area (Å²) in [6.07, 6.45) is 3.49. The molecule has 0 aromatic heterocycles. The van der Waals surface area contributed by atoms with Gasteiger partial charge in [-0.25, -0.2) is 0 Å². The van der Waals surface area contributed by atoms with E-state index in [9.17, 15) is 4.79 Å². The van der Waals surface area contributed by atoms with Gasteiger partial charge in [0.05, 0.1) is 0 Å². The number of halogens is 1. The van der Waals surface area contributed by atoms with Crippen LogP contribution in [0.25, 0.3) is 0 Å². The Morgan fingerprint density at radius 1 is 1.24 bits per heavy atom. The molecule has 1 atom stereocenters. The summed E-state index contributed by atoms with van der Waals surface area (Å²) in [5.74, 6) is 1.64. The van der Waals surface area contributed by atoms with Crippen LogP contribution in [-0.4, -0.2) is 23.9 Å². The lowest BCUT2D eigenvalue weighted by atomic mass is 9.89. The summed E-state index contributed by atoms with van der Waals surface area (Å²) in [6, 6.07) is 7.69. The Kier molecular flexibility index (Phi) is 7.20. The third kappa shape index (κ3) is 4.72. The van der Waals surface area contributed by atoms with E-state index in [2.05, 4.69) is 13.8 Å². The molecule has 1 aliphatic heterocycles. The second kappa shape index (κ2) is 8.40. The number of nitrogens with two attached hydrogens (primary N) is 1. The zero-order valence-corrected chi connectivity index (χ0v) is 13.9. The molecule has 1 fully saturated rings. The van der Waals surface area contributed by atoms with Crippen molar-refractivity contribution in [3.63, 3.8) is 0 Å². The molecule has 4 heteroatoms. The SMILES string of the molecule is CC(C)C1CCCN(C(=O)c2ccc(CN)cc2)CC1.Cl. The molecule has 0 spiro atoms. The summed E-state index contributed by atoms with van der Waals surface area (Å²) in [4.78, 5) is 14.5. The normalized spacial score (nSPS) is 19.0. The molecule has 0 saturated carbocycles. The second-order valence-corrected chi connectivity index (χ2v) is 6.13. The molecule has 1 saturated heterocycles. The highest BCUT2D eigenvalue weighted by Gasteiger charge is 2.22. The van der Waals surface area contributed by atoms with Crippen LogP contribution in [0.15, 0.2) is 24.3 Å². The molecule has 2 rings (SSSR count). The van der Waals surface area contributed by atoms with Crippen LogP contribution in [0.1, 0.15) is 49.0 Å². The highest BCUT2D eigenvalue weighted by molar-refractivity contribution is 5.94. The zero-order valence-electron chi connectivity index (χ0n) is 13.0. The Balaban J connectivity index is 0.00000220. The highest BCUT2D eigenvalue weighted by Crippen LogP contribution is 2.25. The lowest BCUT2D eigenvalue weighted by Gasteiger charge is -2.21. The number of likely N-dealkylation sites (tertiary alicyclic amines) is 1. The first-order chi connectivity index (χ1) is 9.61. The molecule has 118 valence electrons. The fourth-order valence-electron chi connectivity index (χ4n) is 2.96. The van der Waals surface area contributed by atoms with E-state index in [1.165, 1.54) is 6.42 Å². The highest BCUT2D eigenvalue weighted by atomic mass is 35.5. The van der Waals surface area contributed by atoms with E-state index < -0.39 is 0 Å². The zero-order chi connectivity index (χ0) is 14.5. The first-order valence-corrected chi connectivity index (χ1v) is 7.70. The molecule has 1 amide bonds. The number of hydrogen-bond donors (Lipinski definition) is 1. The van der Waals surface area contributed by atoms with E-state index in [-0.39, 0.29) is 18.3 Å². The third-order valence-electron chi connectivity index (χ3n) is 4.44. The quantitative estimate of drug-likeness (QED) is 0.929. The molecule has 21 heavy (non-hydrogen) atoms. The minimum absolute atomic E-state index is 0. The molecule has 1 aromatic carbocycles. The lowest BCUT2D eigenvalue weighted by molar-refractivity contribution is 0.0759. The van der Waals surface area contributed by atoms with Gasteiger partial charge in [0.2, 0.25) is 0 Å². The van der Waals surface area contributed by atoms with Crippen LogP contribution in [0.4, 0.5) is 0 Å². The van der Waals surface area contributed by atoms with Gasteiger partial charge in [-0.1, -0.05) is 26.0 Å². The molecule has 1 unspecified atom stereocenters. The monoisotopic (exact) mass is 310 g/mol. The summed E-state index contributed by atoms with van der Waals surface area (Å²) in [5.41, 5.74) is 7.44. The molecule has 3 nitrogen and oxygen atoms in total. The Hall–Kier alpha value is -1.06. The van der Waals surface area contributed by atoms with Gasteiger partial charge in [0.15, 0.2) is 0 Å². The van der Waals surface area contributed by atoms with Crippen molar-refractivity contribution in [2.75, 3.05) is 13.1 Å². The van der Waals surface area contributed by atoms with Crippen molar-refractivity contribution in [2.24, 2.45) is 17.6 Å². The van der Waals surface area contributed by atoms with Crippen LogP contribution in [-0.2, 0) is 6.54 Å². The van der Waals surface area contributed by atoms with Gasteiger partial charge in [0.1, 0.15) is 0 Å². The lowest BCUT2D eigenvalue weighted by Crippen LogP contribution is -2.32. The molecule has 1 aromatic rings. The average Bonchev–Trinajstić information content (AvgIpc) is 2.72. The van der Waals surface area contributed by atoms with Crippen molar-refractivity contribution in [1.82, 2.24) is 4.90 Å². The van der Waals surface area contributed by atoms with E-state index in [4.69, 9.17) is 5.73 Å². The molecular weight excluding hydrogens is 284 g/mol. The first-order valence-electron chi connectivity index (χ1n) is 7.70. The van der Waals surface area contributed by atoms with Crippen LogP contribution < -0.4 is 5.73 Å². The standard InChI is InChI=1S/C17H26N2O.ClH/c1-13(2)15-4-3-10-19(11-9-15)17(20)16-7-5-14(12-18)6-8-16;/h5-8,13,15H,3-4,9-12,18H2,1-2H3;1H. The molecular formula is C17H27ClN2O. The number of carbonyl (C=O) groups is 1. The van der Waals surface area contributed by atoms with Gasteiger partial charge in [-0.05, 0) is 48.8 Å². The molecule has 1 aliphatic rings. The Labute approximate surface area is 134 Å². The Morgan fingerprint density at radius 2 is 1.90 bits per heavy atom. The topological polar surface area (TPSA) is 46.3 Å². The maximum atomic E-state index is 12.5. The van der Waals surface area contributed by atoms with Gasteiger partial charge >= 0.3 is 0 Å². The number of benzene rings is 1. The van der Waals surface area contributed by atoms with Crippen LogP contribution >= 0.6 is 12.4 Å². The number of nitrogens with zero attached hydrogens (tertiary/aromatic N) is 1. The smallest absolute Gasteiger partial charge is 0.253 e. The molecule has 0 bridgehead atoms. The number of carbonyl (C=O) groups excluding carboxylic acids is 1. The first kappa shape index (κ1) is 18.0. The van der Waals surface area contributed by atoms with E-state index in [1.807, 2.05) is 29.2 Å². The van der Waals surface area contributed by atoms with Crippen LogP contribution in [0, 0.1) is 11.8 Å². The van der Waals surface area contributed by atoms with Crippen molar-refractivity contribution in [1.29, 1.82) is 0 Å². The van der Waals surface area contributed by atoms with E-state index in [0.717, 1.165) is 43.0 Å². The van der Waals surface area contributed by atoms with E-state index in [0.29, 0.717) is 12.5 Å². The second-order valence-electron chi connectivity index (χ2n) is 6.13. The molecule has 0 radical (unpaired) electrons. The summed E-state index contributed by atoms with van der Waals surface area (Å²) >= 11 is 0. The summed E-state index contributed by atoms with van der Waals surface area (Å²) in [7, 11) is 0. The number of hydrogen-bond acceptors (Lipinski definition) is 2. The average molecular weight is 311 g/mol. The third-order valence-corrected chi connectivity index (χ3v) is 4.44. The van der Waals surface area contributed by atoms with Crippen molar-refractivity contribution in [3.8, 4) is 0 Å². The molecule has 2 N–H and O–H groups in total. The molecule has 0 aliphatic carbocycles. The van der Waals surface area contributed by atoms with E-state index >= 15 is 0 Å². The van der Waals surface area contributed by atoms with Crippen molar-refractivity contribution in [3.05, 3.63) is 35.4 Å². The van der Waals surface area contributed by atoms with E-state index in [1.54, 1.807) is 0 Å². The maximum Gasteiger partial charge on any atom is 0.253 e. The largest absolute Gasteiger partial charge is 0.339 e. The predicted molar refractivity (Wildman–Crippen MR) is 89.7 cm³/mol. The Bertz CT molecular complexity index is 445. The van der Waals surface area contributed by atoms with Gasteiger partial charge in [-0.2, -0.15) is 0 Å². The van der Waals surface area contributed by atoms with Crippen LogP contribution in [0.3, 0.4) is 0 Å². The van der Waals surface area contributed by atoms with Gasteiger partial charge in [-0.3, -0.25) is 4.79 Å². The number of rotatable bonds is 3. The van der Waals surface area contributed by atoms with Gasteiger partial charge in [-0.15, -0.1) is 12.4 Å². The van der Waals surface area contributed by atoms with Crippen molar-refractivity contribution >= 4 is 18.3 Å². The van der Waals surface area contributed by atoms with Crippen molar-refractivity contribution < 1.29 is 4.79 Å². The fraction of sp³-hybridized carbons (Fsp3) is 0.588. The van der Waals surface area contributed by atoms with Gasteiger partial charge < -0.3 is 10.6 Å². The molecule has 1 heterocycles. The predicted octanol–water partition coefficient (Wildman–Crippen LogP) is 3.47. The Morgan fingerprint density at radius 3 is 2.48 bits per heavy atom. The van der Waals surface area contributed by atoms with Crippen LogP contribution in [0.5, 0.6) is 0 Å². The fourth-order valence-corrected chi connectivity index (χ4v) is 2.96. The maximum absolute atomic E-state index is 12.5. The van der Waals surface area contributed by atoms with Gasteiger partial charge in [0, 0.05) is 25.2 Å². The minimum Gasteiger partial charge on any atom is -0.339 e. The summed E-state index contributed by atoms with van der Waals surface area (Å²) < 4.78 is 0.